The molecule has 0 heterocycles. The summed E-state index contributed by atoms with van der Waals surface area (Å²) in [5.41, 5.74) is 1.29. The van der Waals surface area contributed by atoms with Gasteiger partial charge in [0.15, 0.2) is 0 Å². The Hall–Kier alpha value is -0.860. The minimum atomic E-state index is 0.179. The third-order valence-electron chi connectivity index (χ3n) is 4.24. The van der Waals surface area contributed by atoms with E-state index in [0.717, 1.165) is 24.9 Å². The van der Waals surface area contributed by atoms with Crippen molar-refractivity contribution in [1.29, 1.82) is 0 Å². The van der Waals surface area contributed by atoms with E-state index in [1.54, 1.807) is 0 Å². The van der Waals surface area contributed by atoms with Crippen LogP contribution in [0.3, 0.4) is 0 Å². The lowest BCUT2D eigenvalue weighted by atomic mass is 9.81. The van der Waals surface area contributed by atoms with Crippen LogP contribution >= 0.6 is 0 Å². The van der Waals surface area contributed by atoms with Gasteiger partial charge in [-0.25, -0.2) is 0 Å². The Morgan fingerprint density at radius 1 is 1.10 bits per heavy atom. The molecule has 1 aromatic rings. The largest absolute Gasteiger partial charge is 0.369 e. The fourth-order valence-electron chi connectivity index (χ4n) is 3.40. The molecule has 0 spiro atoms. The summed E-state index contributed by atoms with van der Waals surface area (Å²) >= 11 is 0. The Kier molecular flexibility index (Phi) is 6.06. The highest BCUT2D eigenvalue weighted by Crippen LogP contribution is 2.33. The first-order valence-electron chi connectivity index (χ1n) is 8.10. The van der Waals surface area contributed by atoms with Gasteiger partial charge in [-0.05, 0) is 43.2 Å². The smallest absolute Gasteiger partial charge is 0.0952 e. The van der Waals surface area contributed by atoms with Gasteiger partial charge < -0.3 is 10.1 Å². The van der Waals surface area contributed by atoms with Gasteiger partial charge in [-0.1, -0.05) is 51.1 Å². The minimum Gasteiger partial charge on any atom is -0.369 e. The fourth-order valence-corrected chi connectivity index (χ4v) is 3.40. The van der Waals surface area contributed by atoms with Crippen LogP contribution in [-0.2, 0) is 4.74 Å². The van der Waals surface area contributed by atoms with Crippen LogP contribution in [0, 0.1) is 11.8 Å². The van der Waals surface area contributed by atoms with Crippen molar-refractivity contribution in [3.8, 4) is 0 Å². The molecule has 1 aliphatic rings. The van der Waals surface area contributed by atoms with Gasteiger partial charge in [-0.15, -0.1) is 0 Å². The number of hydrogen-bond donors (Lipinski definition) is 1. The first kappa shape index (κ1) is 15.5. The molecule has 1 aliphatic carbocycles. The molecule has 0 radical (unpaired) electrons. The van der Waals surface area contributed by atoms with Crippen LogP contribution in [0.15, 0.2) is 30.3 Å². The van der Waals surface area contributed by atoms with E-state index in [1.807, 2.05) is 0 Å². The predicted molar refractivity (Wildman–Crippen MR) is 84.8 cm³/mol. The molecule has 1 fully saturated rings. The monoisotopic (exact) mass is 275 g/mol. The van der Waals surface area contributed by atoms with Crippen molar-refractivity contribution in [2.75, 3.05) is 13.1 Å². The number of likely N-dealkylation sites (N-methyl/N-ethyl adjacent to an activating group) is 1. The molecular weight excluding hydrogens is 246 g/mol. The summed E-state index contributed by atoms with van der Waals surface area (Å²) in [5.74, 6) is 1.58. The predicted octanol–water partition coefficient (Wildman–Crippen LogP) is 4.18. The van der Waals surface area contributed by atoms with E-state index in [-0.39, 0.29) is 6.10 Å². The van der Waals surface area contributed by atoms with E-state index in [4.69, 9.17) is 4.74 Å². The molecule has 20 heavy (non-hydrogen) atoms. The summed E-state index contributed by atoms with van der Waals surface area (Å²) in [7, 11) is 0. The number of nitrogens with one attached hydrogen (secondary N) is 1. The van der Waals surface area contributed by atoms with E-state index < -0.39 is 0 Å². The minimum absolute atomic E-state index is 0.179. The van der Waals surface area contributed by atoms with Crippen molar-refractivity contribution < 1.29 is 4.74 Å². The van der Waals surface area contributed by atoms with Crippen molar-refractivity contribution >= 4 is 0 Å². The van der Waals surface area contributed by atoms with E-state index in [9.17, 15) is 0 Å². The second-order valence-corrected chi connectivity index (χ2v) is 6.38. The van der Waals surface area contributed by atoms with Crippen molar-refractivity contribution in [2.45, 2.75) is 52.2 Å². The summed E-state index contributed by atoms with van der Waals surface area (Å²) in [6.07, 6.45) is 4.36. The third kappa shape index (κ3) is 4.60. The Morgan fingerprint density at radius 3 is 2.35 bits per heavy atom. The molecule has 2 nitrogen and oxygen atoms in total. The average Bonchev–Trinajstić information content (AvgIpc) is 2.43. The van der Waals surface area contributed by atoms with Gasteiger partial charge in [0, 0.05) is 6.54 Å². The lowest BCUT2D eigenvalue weighted by molar-refractivity contribution is -0.0495. The van der Waals surface area contributed by atoms with Gasteiger partial charge in [-0.3, -0.25) is 0 Å². The molecule has 2 heteroatoms. The summed E-state index contributed by atoms with van der Waals surface area (Å²) in [6.45, 7) is 8.75. The van der Waals surface area contributed by atoms with E-state index in [2.05, 4.69) is 56.4 Å². The Morgan fingerprint density at radius 2 is 1.75 bits per heavy atom. The summed E-state index contributed by atoms with van der Waals surface area (Å²) in [4.78, 5) is 0. The molecule has 3 atom stereocenters. The second kappa shape index (κ2) is 7.80. The van der Waals surface area contributed by atoms with Gasteiger partial charge in [-0.2, -0.15) is 0 Å². The van der Waals surface area contributed by atoms with E-state index in [0.29, 0.717) is 6.10 Å². The standard InChI is InChI=1S/C18H29NO/c1-4-19-13-18(16-8-6-5-7-9-16)20-17-11-14(2)10-15(3)12-17/h5-9,14-15,17-19H,4,10-13H2,1-3H3. The molecular formula is C18H29NO. The van der Waals surface area contributed by atoms with Gasteiger partial charge in [0.25, 0.3) is 0 Å². The Balaban J connectivity index is 2.00. The van der Waals surface area contributed by atoms with Crippen LogP contribution in [0.1, 0.15) is 51.7 Å². The highest BCUT2D eigenvalue weighted by molar-refractivity contribution is 5.18. The van der Waals surface area contributed by atoms with Crippen LogP contribution in [0.5, 0.6) is 0 Å². The third-order valence-corrected chi connectivity index (χ3v) is 4.24. The first-order chi connectivity index (χ1) is 9.69. The molecule has 0 bridgehead atoms. The molecule has 2 rings (SSSR count). The maximum atomic E-state index is 6.46. The van der Waals surface area contributed by atoms with Crippen molar-refractivity contribution in [2.24, 2.45) is 11.8 Å². The molecule has 0 aromatic heterocycles. The number of benzene rings is 1. The SMILES string of the molecule is CCNCC(OC1CC(C)CC(C)C1)c1ccccc1. The lowest BCUT2D eigenvalue weighted by Gasteiger charge is -2.34. The van der Waals surface area contributed by atoms with Crippen LogP contribution in [0.25, 0.3) is 0 Å². The van der Waals surface area contributed by atoms with Crippen LogP contribution < -0.4 is 5.32 Å². The number of hydrogen-bond acceptors (Lipinski definition) is 2. The van der Waals surface area contributed by atoms with Gasteiger partial charge in [0.2, 0.25) is 0 Å². The van der Waals surface area contributed by atoms with E-state index in [1.165, 1.54) is 24.8 Å². The normalized spacial score (nSPS) is 28.2. The van der Waals surface area contributed by atoms with Crippen LogP contribution in [-0.4, -0.2) is 19.2 Å². The molecule has 0 amide bonds. The number of rotatable bonds is 6. The Bertz CT molecular complexity index is 368. The highest BCUT2D eigenvalue weighted by Gasteiger charge is 2.27. The summed E-state index contributed by atoms with van der Waals surface area (Å²) < 4.78 is 6.46. The lowest BCUT2D eigenvalue weighted by Crippen LogP contribution is -2.31. The molecule has 0 saturated heterocycles. The fraction of sp³-hybridized carbons (Fsp3) is 0.667. The van der Waals surface area contributed by atoms with Crippen molar-refractivity contribution in [1.82, 2.24) is 5.32 Å². The summed E-state index contributed by atoms with van der Waals surface area (Å²) in [5, 5.41) is 3.43. The molecule has 1 N–H and O–H groups in total. The van der Waals surface area contributed by atoms with Gasteiger partial charge in [0.05, 0.1) is 12.2 Å². The zero-order valence-corrected chi connectivity index (χ0v) is 13.1. The molecule has 1 saturated carbocycles. The maximum absolute atomic E-state index is 6.46. The molecule has 112 valence electrons. The Labute approximate surface area is 123 Å². The summed E-state index contributed by atoms with van der Waals surface area (Å²) in [6, 6.07) is 10.6. The maximum Gasteiger partial charge on any atom is 0.0952 e. The quantitative estimate of drug-likeness (QED) is 0.841. The van der Waals surface area contributed by atoms with Gasteiger partial charge in [0.1, 0.15) is 0 Å². The average molecular weight is 275 g/mol. The molecule has 3 unspecified atom stereocenters. The van der Waals surface area contributed by atoms with Gasteiger partial charge >= 0.3 is 0 Å². The van der Waals surface area contributed by atoms with E-state index >= 15 is 0 Å². The zero-order valence-electron chi connectivity index (χ0n) is 13.1. The highest BCUT2D eigenvalue weighted by atomic mass is 16.5. The topological polar surface area (TPSA) is 21.3 Å². The second-order valence-electron chi connectivity index (χ2n) is 6.38. The molecule has 0 aliphatic heterocycles. The van der Waals surface area contributed by atoms with Crippen LogP contribution in [0.4, 0.5) is 0 Å². The van der Waals surface area contributed by atoms with Crippen LogP contribution in [0.2, 0.25) is 0 Å². The first-order valence-corrected chi connectivity index (χ1v) is 8.10. The molecule has 1 aromatic carbocycles. The number of ether oxygens (including phenoxy) is 1. The zero-order chi connectivity index (χ0) is 14.4. The van der Waals surface area contributed by atoms with Crippen molar-refractivity contribution in [3.63, 3.8) is 0 Å². The van der Waals surface area contributed by atoms with Crippen molar-refractivity contribution in [3.05, 3.63) is 35.9 Å².